The largest absolute Gasteiger partial charge is 0.453 e. The zero-order chi connectivity index (χ0) is 14.7. The topological polar surface area (TPSA) is 93.2 Å². The average molecular weight is 290 g/mol. The third kappa shape index (κ3) is 2.89. The number of ether oxygens (including phenoxy) is 1. The van der Waals surface area contributed by atoms with Crippen LogP contribution in [0.3, 0.4) is 0 Å². The number of hydrogen-bond donors (Lipinski definition) is 1. The summed E-state index contributed by atoms with van der Waals surface area (Å²) in [5.41, 5.74) is 6.58. The summed E-state index contributed by atoms with van der Waals surface area (Å²) < 4.78 is 4.94. The van der Waals surface area contributed by atoms with E-state index in [0.717, 1.165) is 19.3 Å². The van der Waals surface area contributed by atoms with Crippen molar-refractivity contribution in [1.82, 2.24) is 0 Å². The Morgan fingerprint density at radius 3 is 2.85 bits per heavy atom. The fraction of sp³-hybridized carbons (Fsp3) is 0.357. The fourth-order valence-corrected chi connectivity index (χ4v) is 3.22. The van der Waals surface area contributed by atoms with E-state index in [-0.39, 0.29) is 11.3 Å². The highest BCUT2D eigenvalue weighted by Gasteiger charge is 2.20. The number of allylic oxidation sites excluding steroid dienone is 1. The van der Waals surface area contributed by atoms with Crippen LogP contribution in [0, 0.1) is 11.3 Å². The van der Waals surface area contributed by atoms with Gasteiger partial charge in [0.05, 0.1) is 0 Å². The first kappa shape index (κ1) is 14.3. The Bertz CT molecular complexity index is 612. The molecule has 1 aliphatic carbocycles. The van der Waals surface area contributed by atoms with Crippen LogP contribution in [-0.2, 0) is 22.4 Å². The van der Waals surface area contributed by atoms with Crippen molar-refractivity contribution in [2.24, 2.45) is 5.73 Å². The smallest absolute Gasteiger partial charge is 0.348 e. The minimum absolute atomic E-state index is 0.128. The van der Waals surface area contributed by atoms with Gasteiger partial charge in [0.1, 0.15) is 16.5 Å². The lowest BCUT2D eigenvalue weighted by molar-refractivity contribution is -0.118. The number of fused-ring (bicyclic) bond motifs is 1. The van der Waals surface area contributed by atoms with E-state index >= 15 is 0 Å². The lowest BCUT2D eigenvalue weighted by atomic mass is 10.1. The maximum Gasteiger partial charge on any atom is 0.348 e. The molecule has 0 radical (unpaired) electrons. The summed E-state index contributed by atoms with van der Waals surface area (Å²) in [5, 5.41) is 8.78. The number of nitrogens with zero attached hydrogens (tertiary/aromatic N) is 1. The summed E-state index contributed by atoms with van der Waals surface area (Å²) in [6.45, 7) is 1.00. The Morgan fingerprint density at radius 1 is 1.50 bits per heavy atom. The molecule has 0 spiro atoms. The Kier molecular flexibility index (Phi) is 4.20. The van der Waals surface area contributed by atoms with E-state index in [0.29, 0.717) is 4.88 Å². The summed E-state index contributed by atoms with van der Waals surface area (Å²) in [7, 11) is 0. The van der Waals surface area contributed by atoms with Gasteiger partial charge in [-0.15, -0.1) is 11.3 Å². The molecule has 0 saturated carbocycles. The minimum atomic E-state index is -0.579. The molecule has 0 saturated heterocycles. The summed E-state index contributed by atoms with van der Waals surface area (Å²) in [6.07, 6.45) is 3.12. The van der Waals surface area contributed by atoms with Gasteiger partial charge in [-0.05, 0) is 37.8 Å². The Labute approximate surface area is 120 Å². The van der Waals surface area contributed by atoms with Gasteiger partial charge in [-0.2, -0.15) is 5.26 Å². The molecule has 0 fully saturated rings. The van der Waals surface area contributed by atoms with Crippen LogP contribution in [0.1, 0.15) is 33.5 Å². The van der Waals surface area contributed by atoms with Crippen LogP contribution >= 0.6 is 11.3 Å². The predicted molar refractivity (Wildman–Crippen MR) is 74.1 cm³/mol. The van der Waals surface area contributed by atoms with Gasteiger partial charge in [-0.3, -0.25) is 4.79 Å². The van der Waals surface area contributed by atoms with Crippen LogP contribution in [0.4, 0.5) is 0 Å². The molecule has 20 heavy (non-hydrogen) atoms. The van der Waals surface area contributed by atoms with E-state index in [2.05, 4.69) is 0 Å². The molecule has 6 heteroatoms. The molecule has 2 N–H and O–H groups in total. The third-order valence-corrected chi connectivity index (χ3v) is 4.28. The number of aryl methyl sites for hydroxylation is 2. The molecule has 0 aliphatic heterocycles. The van der Waals surface area contributed by atoms with E-state index in [4.69, 9.17) is 15.7 Å². The first-order chi connectivity index (χ1) is 9.52. The molecule has 2 rings (SSSR count). The lowest BCUT2D eigenvalue weighted by Crippen LogP contribution is -2.17. The highest BCUT2D eigenvalue weighted by atomic mass is 32.1. The first-order valence-corrected chi connectivity index (χ1v) is 7.03. The molecule has 1 aromatic rings. The van der Waals surface area contributed by atoms with Crippen molar-refractivity contribution in [2.45, 2.75) is 26.2 Å². The van der Waals surface area contributed by atoms with Gasteiger partial charge in [0.2, 0.25) is 5.78 Å². The van der Waals surface area contributed by atoms with E-state index in [9.17, 15) is 9.59 Å². The number of Topliss-reactive ketones (excluding diaryl/α,β-unsaturated/α-hetero) is 1. The van der Waals surface area contributed by atoms with Crippen molar-refractivity contribution in [2.75, 3.05) is 6.61 Å². The van der Waals surface area contributed by atoms with Gasteiger partial charge >= 0.3 is 5.97 Å². The normalized spacial score (nSPS) is 14.2. The zero-order valence-corrected chi connectivity index (χ0v) is 11.9. The van der Waals surface area contributed by atoms with Crippen LogP contribution in [-0.4, -0.2) is 18.4 Å². The lowest BCUT2D eigenvalue weighted by Gasteiger charge is -2.03. The Hall–Kier alpha value is -2.13. The van der Waals surface area contributed by atoms with Gasteiger partial charge in [-0.25, -0.2) is 4.79 Å². The number of thiophene rings is 1. The van der Waals surface area contributed by atoms with Gasteiger partial charge < -0.3 is 10.5 Å². The molecule has 0 amide bonds. The molecule has 0 atom stereocenters. The SMILES string of the molecule is C/C(N)=C(/C#N)C(=O)COC(=O)c1cc2c(s1)CCC2. The van der Waals surface area contributed by atoms with E-state index < -0.39 is 18.4 Å². The summed E-state index contributed by atoms with van der Waals surface area (Å²) in [5.74, 6) is -1.10. The second-order valence-corrected chi connectivity index (χ2v) is 5.72. The maximum atomic E-state index is 11.8. The van der Waals surface area contributed by atoms with Crippen molar-refractivity contribution in [3.63, 3.8) is 0 Å². The number of nitrogens with two attached hydrogens (primary N) is 1. The molecule has 0 unspecified atom stereocenters. The van der Waals surface area contributed by atoms with Gasteiger partial charge in [0.15, 0.2) is 6.61 Å². The molecule has 0 aromatic carbocycles. The fourth-order valence-electron chi connectivity index (χ4n) is 2.07. The number of nitriles is 1. The number of ketones is 1. The number of esters is 1. The number of carbonyl (C=O) groups is 2. The Morgan fingerprint density at radius 2 is 2.25 bits per heavy atom. The van der Waals surface area contributed by atoms with Gasteiger partial charge in [-0.1, -0.05) is 0 Å². The standard InChI is InChI=1S/C14H14N2O3S/c1-8(16)10(6-15)11(17)7-19-14(18)13-5-9-3-2-4-12(9)20-13/h5H,2-4,7,16H2,1H3/b10-8+. The van der Waals surface area contributed by atoms with E-state index in [1.165, 1.54) is 28.7 Å². The third-order valence-electron chi connectivity index (χ3n) is 3.07. The highest BCUT2D eigenvalue weighted by molar-refractivity contribution is 7.14. The van der Waals surface area contributed by atoms with Gasteiger partial charge in [0.25, 0.3) is 0 Å². The summed E-state index contributed by atoms with van der Waals surface area (Å²) in [4.78, 5) is 25.2. The van der Waals surface area contributed by atoms with Crippen LogP contribution in [0.15, 0.2) is 17.3 Å². The van der Waals surface area contributed by atoms with Gasteiger partial charge in [0, 0.05) is 10.6 Å². The van der Waals surface area contributed by atoms with Crippen molar-refractivity contribution >= 4 is 23.1 Å². The van der Waals surface area contributed by atoms with E-state index in [1.54, 1.807) is 6.07 Å². The van der Waals surface area contributed by atoms with Crippen LogP contribution < -0.4 is 5.73 Å². The number of hydrogen-bond acceptors (Lipinski definition) is 6. The first-order valence-electron chi connectivity index (χ1n) is 6.21. The van der Waals surface area contributed by atoms with Crippen molar-refractivity contribution < 1.29 is 14.3 Å². The summed E-state index contributed by atoms with van der Waals surface area (Å²) >= 11 is 1.41. The van der Waals surface area contributed by atoms with Crippen molar-refractivity contribution in [3.8, 4) is 6.07 Å². The monoisotopic (exact) mass is 290 g/mol. The molecule has 1 aromatic heterocycles. The van der Waals surface area contributed by atoms with Crippen LogP contribution in [0.25, 0.3) is 0 Å². The second-order valence-electron chi connectivity index (χ2n) is 4.58. The van der Waals surface area contributed by atoms with Crippen LogP contribution in [0.5, 0.6) is 0 Å². The molecule has 1 aliphatic rings. The average Bonchev–Trinajstić information content (AvgIpc) is 2.96. The maximum absolute atomic E-state index is 11.8. The quantitative estimate of drug-likeness (QED) is 0.517. The zero-order valence-electron chi connectivity index (χ0n) is 11.1. The molecule has 1 heterocycles. The Balaban J connectivity index is 1.97. The number of carbonyl (C=O) groups excluding carboxylic acids is 2. The van der Waals surface area contributed by atoms with E-state index in [1.807, 2.05) is 6.07 Å². The predicted octanol–water partition coefficient (Wildman–Crippen LogP) is 1.72. The van der Waals surface area contributed by atoms with Crippen molar-refractivity contribution in [3.05, 3.63) is 32.7 Å². The molecule has 5 nitrogen and oxygen atoms in total. The van der Waals surface area contributed by atoms with Crippen molar-refractivity contribution in [1.29, 1.82) is 5.26 Å². The number of rotatable bonds is 4. The molecular weight excluding hydrogens is 276 g/mol. The molecular formula is C14H14N2O3S. The molecule has 104 valence electrons. The highest BCUT2D eigenvalue weighted by Crippen LogP contribution is 2.30. The van der Waals surface area contributed by atoms with Crippen LogP contribution in [0.2, 0.25) is 0 Å². The molecule has 0 bridgehead atoms. The second kappa shape index (κ2) is 5.88. The summed E-state index contributed by atoms with van der Waals surface area (Å²) in [6, 6.07) is 3.54. The minimum Gasteiger partial charge on any atom is -0.453 e.